The van der Waals surface area contributed by atoms with E-state index in [-0.39, 0.29) is 5.82 Å². The van der Waals surface area contributed by atoms with E-state index >= 15 is 0 Å². The monoisotopic (exact) mass is 194 g/mol. The number of hydrogen-bond donors (Lipinski definition) is 1. The molecule has 0 saturated heterocycles. The first kappa shape index (κ1) is 9.66. The molecule has 0 radical (unpaired) electrons. The number of rotatable bonds is 3. The Morgan fingerprint density at radius 2 is 2.07 bits per heavy atom. The van der Waals surface area contributed by atoms with Crippen LogP contribution < -0.4 is 0 Å². The average Bonchev–Trinajstić information content (AvgIpc) is 2.80. The van der Waals surface area contributed by atoms with Crippen LogP contribution in [0, 0.1) is 11.7 Å². The van der Waals surface area contributed by atoms with Crippen LogP contribution in [-0.4, -0.2) is 5.11 Å². The normalized spacial score (nSPS) is 30.4. The van der Waals surface area contributed by atoms with Gasteiger partial charge in [-0.2, -0.15) is 0 Å². The van der Waals surface area contributed by atoms with Crippen LogP contribution in [0.3, 0.4) is 0 Å². The lowest BCUT2D eigenvalue weighted by Gasteiger charge is -2.10. The van der Waals surface area contributed by atoms with E-state index in [4.69, 9.17) is 0 Å². The third-order valence-electron chi connectivity index (χ3n) is 3.05. The van der Waals surface area contributed by atoms with Crippen molar-refractivity contribution in [2.24, 2.45) is 5.92 Å². The fourth-order valence-electron chi connectivity index (χ4n) is 2.10. The first-order chi connectivity index (χ1) is 6.66. The van der Waals surface area contributed by atoms with E-state index in [1.54, 1.807) is 12.1 Å². The van der Waals surface area contributed by atoms with Gasteiger partial charge in [-0.3, -0.25) is 0 Å². The summed E-state index contributed by atoms with van der Waals surface area (Å²) in [7, 11) is 0. The molecule has 1 aromatic rings. The third kappa shape index (κ3) is 1.55. The second-order valence-corrected chi connectivity index (χ2v) is 4.12. The predicted octanol–water partition coefficient (Wildman–Crippen LogP) is 2.83. The van der Waals surface area contributed by atoms with E-state index in [1.807, 2.05) is 0 Å². The minimum Gasteiger partial charge on any atom is -0.385 e. The Bertz CT molecular complexity index is 320. The van der Waals surface area contributed by atoms with Gasteiger partial charge in [0.2, 0.25) is 0 Å². The van der Waals surface area contributed by atoms with Gasteiger partial charge in [-0.25, -0.2) is 4.39 Å². The van der Waals surface area contributed by atoms with Crippen molar-refractivity contribution in [1.82, 2.24) is 0 Å². The fraction of sp³-hybridized carbons (Fsp3) is 0.500. The molecule has 2 rings (SSSR count). The van der Waals surface area contributed by atoms with Crippen molar-refractivity contribution in [3.8, 4) is 0 Å². The molecule has 1 nitrogen and oxygen atoms in total. The summed E-state index contributed by atoms with van der Waals surface area (Å²) in [4.78, 5) is 0. The summed E-state index contributed by atoms with van der Waals surface area (Å²) in [6, 6.07) is 6.19. The molecule has 1 N–H and O–H groups in total. The van der Waals surface area contributed by atoms with E-state index in [1.165, 1.54) is 12.1 Å². The van der Waals surface area contributed by atoms with Crippen molar-refractivity contribution in [1.29, 1.82) is 0 Å². The molecule has 0 bridgehead atoms. The lowest BCUT2D eigenvalue weighted by Crippen LogP contribution is -2.08. The Labute approximate surface area is 83.6 Å². The van der Waals surface area contributed by atoms with Crippen molar-refractivity contribution >= 4 is 0 Å². The van der Waals surface area contributed by atoms with Crippen molar-refractivity contribution < 1.29 is 9.50 Å². The summed E-state index contributed by atoms with van der Waals surface area (Å²) in [6.45, 7) is 2.11. The van der Waals surface area contributed by atoms with E-state index < -0.39 is 5.60 Å². The van der Waals surface area contributed by atoms with Crippen molar-refractivity contribution in [3.63, 3.8) is 0 Å². The Balaban J connectivity index is 2.13. The van der Waals surface area contributed by atoms with Crippen LogP contribution in [0.5, 0.6) is 0 Å². The van der Waals surface area contributed by atoms with Crippen molar-refractivity contribution in [3.05, 3.63) is 35.6 Å². The van der Waals surface area contributed by atoms with Crippen LogP contribution in [-0.2, 0) is 5.60 Å². The number of benzene rings is 1. The molecule has 0 aromatic heterocycles. The van der Waals surface area contributed by atoms with Gasteiger partial charge in [0.1, 0.15) is 5.82 Å². The van der Waals surface area contributed by atoms with E-state index in [0.717, 1.165) is 24.8 Å². The van der Waals surface area contributed by atoms with E-state index in [9.17, 15) is 9.50 Å². The summed E-state index contributed by atoms with van der Waals surface area (Å²) >= 11 is 0. The Morgan fingerprint density at radius 3 is 2.64 bits per heavy atom. The SMILES string of the molecule is CCCC1CC1(O)c1ccc(F)cc1. The zero-order chi connectivity index (χ0) is 10.2. The van der Waals surface area contributed by atoms with Gasteiger partial charge in [0.25, 0.3) is 0 Å². The molecule has 76 valence electrons. The molecular weight excluding hydrogens is 179 g/mol. The highest BCUT2D eigenvalue weighted by Gasteiger charge is 2.53. The van der Waals surface area contributed by atoms with Crippen LogP contribution >= 0.6 is 0 Å². The van der Waals surface area contributed by atoms with Gasteiger partial charge in [-0.05, 0) is 36.5 Å². The molecule has 0 amide bonds. The molecule has 2 unspecified atom stereocenters. The number of aliphatic hydroxyl groups is 1. The molecule has 1 fully saturated rings. The molecule has 0 spiro atoms. The zero-order valence-corrected chi connectivity index (χ0v) is 8.33. The lowest BCUT2D eigenvalue weighted by atomic mass is 10.0. The second-order valence-electron chi connectivity index (χ2n) is 4.12. The minimum absolute atomic E-state index is 0.245. The first-order valence-corrected chi connectivity index (χ1v) is 5.15. The molecule has 1 saturated carbocycles. The lowest BCUT2D eigenvalue weighted by molar-refractivity contribution is 0.129. The third-order valence-corrected chi connectivity index (χ3v) is 3.05. The molecule has 2 heteroatoms. The molecule has 14 heavy (non-hydrogen) atoms. The maximum absolute atomic E-state index is 12.7. The first-order valence-electron chi connectivity index (χ1n) is 5.15. The maximum atomic E-state index is 12.7. The quantitative estimate of drug-likeness (QED) is 0.784. The standard InChI is InChI=1S/C12H15FO/c1-2-3-10-8-12(10,14)9-4-6-11(13)7-5-9/h4-7,10,14H,2-3,8H2,1H3. The van der Waals surface area contributed by atoms with Gasteiger partial charge in [0, 0.05) is 0 Å². The second kappa shape index (κ2) is 3.35. The average molecular weight is 194 g/mol. The summed E-state index contributed by atoms with van der Waals surface area (Å²) < 4.78 is 12.7. The largest absolute Gasteiger partial charge is 0.385 e. The predicted molar refractivity (Wildman–Crippen MR) is 53.3 cm³/mol. The van der Waals surface area contributed by atoms with Crippen LogP contribution in [0.4, 0.5) is 4.39 Å². The Kier molecular flexibility index (Phi) is 2.31. The van der Waals surface area contributed by atoms with Gasteiger partial charge in [0.15, 0.2) is 0 Å². The minimum atomic E-state index is -0.663. The van der Waals surface area contributed by atoms with Crippen molar-refractivity contribution in [2.45, 2.75) is 31.8 Å². The fourth-order valence-corrected chi connectivity index (χ4v) is 2.10. The summed E-state index contributed by atoms with van der Waals surface area (Å²) in [5, 5.41) is 10.2. The molecule has 2 atom stereocenters. The van der Waals surface area contributed by atoms with Gasteiger partial charge in [-0.1, -0.05) is 25.5 Å². The maximum Gasteiger partial charge on any atom is 0.123 e. The highest BCUT2D eigenvalue weighted by atomic mass is 19.1. The van der Waals surface area contributed by atoms with Crippen LogP contribution in [0.15, 0.2) is 24.3 Å². The topological polar surface area (TPSA) is 20.2 Å². The summed E-state index contributed by atoms with van der Waals surface area (Å²) in [5.74, 6) is 0.128. The highest BCUT2D eigenvalue weighted by molar-refractivity contribution is 5.29. The van der Waals surface area contributed by atoms with Gasteiger partial charge in [-0.15, -0.1) is 0 Å². The van der Waals surface area contributed by atoms with Crippen molar-refractivity contribution in [2.75, 3.05) is 0 Å². The highest BCUT2D eigenvalue weighted by Crippen LogP contribution is 2.54. The summed E-state index contributed by atoms with van der Waals surface area (Å²) in [5.41, 5.74) is 0.196. The Hall–Kier alpha value is -0.890. The molecular formula is C12H15FO. The molecule has 1 aliphatic rings. The van der Waals surface area contributed by atoms with Crippen LogP contribution in [0.1, 0.15) is 31.7 Å². The van der Waals surface area contributed by atoms with Gasteiger partial charge >= 0.3 is 0 Å². The van der Waals surface area contributed by atoms with Crippen LogP contribution in [0.2, 0.25) is 0 Å². The number of halogens is 1. The zero-order valence-electron chi connectivity index (χ0n) is 8.33. The van der Waals surface area contributed by atoms with E-state index in [2.05, 4.69) is 6.92 Å². The van der Waals surface area contributed by atoms with Crippen LogP contribution in [0.25, 0.3) is 0 Å². The smallest absolute Gasteiger partial charge is 0.123 e. The molecule has 0 aliphatic heterocycles. The molecule has 0 heterocycles. The van der Waals surface area contributed by atoms with Gasteiger partial charge < -0.3 is 5.11 Å². The van der Waals surface area contributed by atoms with E-state index in [0.29, 0.717) is 5.92 Å². The summed E-state index contributed by atoms with van der Waals surface area (Å²) in [6.07, 6.45) is 2.97. The Morgan fingerprint density at radius 1 is 1.43 bits per heavy atom. The number of hydrogen-bond acceptors (Lipinski definition) is 1. The van der Waals surface area contributed by atoms with Gasteiger partial charge in [0.05, 0.1) is 5.60 Å². The molecule has 1 aromatic carbocycles. The molecule has 1 aliphatic carbocycles.